The van der Waals surface area contributed by atoms with Gasteiger partial charge in [-0.3, -0.25) is 4.79 Å². The number of ketones is 1. The molecule has 0 aliphatic rings. The zero-order chi connectivity index (χ0) is 17.3. The van der Waals surface area contributed by atoms with Crippen molar-refractivity contribution in [1.82, 2.24) is 0 Å². The first-order valence-electron chi connectivity index (χ1n) is 7.03. The maximum absolute atomic E-state index is 12.6. The third-order valence-corrected chi connectivity index (χ3v) is 3.54. The number of carbonyl (C=O) groups excluding carboxylic acids is 1. The lowest BCUT2D eigenvalue weighted by Gasteiger charge is -2.03. The number of benzene rings is 2. The second-order valence-electron chi connectivity index (χ2n) is 5.16. The Bertz CT molecular complexity index is 866. The zero-order valence-corrected chi connectivity index (χ0v) is 12.3. The number of alkyl halides is 3. The van der Waals surface area contributed by atoms with Crippen LogP contribution in [0.5, 0.6) is 0 Å². The van der Waals surface area contributed by atoms with Gasteiger partial charge in [-0.15, -0.1) is 0 Å². The van der Waals surface area contributed by atoms with Crippen LogP contribution in [0.25, 0.3) is 11.1 Å². The van der Waals surface area contributed by atoms with E-state index in [9.17, 15) is 18.0 Å². The smallest absolute Gasteiger partial charge is 0.436 e. The van der Waals surface area contributed by atoms with Crippen molar-refractivity contribution in [3.8, 4) is 11.1 Å². The standard InChI is InChI=1S/C18H12F3NO2/c19-18(20,21)15-10-14(17(22)24-15)16(23)13-8-6-12(7-9-13)11-4-2-1-3-5-11/h1-10H,22H2. The summed E-state index contributed by atoms with van der Waals surface area (Å²) in [5, 5.41) is 0. The van der Waals surface area contributed by atoms with Crippen LogP contribution in [0, 0.1) is 0 Å². The zero-order valence-electron chi connectivity index (χ0n) is 12.3. The summed E-state index contributed by atoms with van der Waals surface area (Å²) in [6.45, 7) is 0. The topological polar surface area (TPSA) is 56.2 Å². The second-order valence-corrected chi connectivity index (χ2v) is 5.16. The highest BCUT2D eigenvalue weighted by atomic mass is 19.4. The predicted octanol–water partition coefficient (Wildman–Crippen LogP) is 4.78. The van der Waals surface area contributed by atoms with Gasteiger partial charge in [-0.1, -0.05) is 54.6 Å². The molecule has 0 atom stereocenters. The van der Waals surface area contributed by atoms with Crippen LogP contribution >= 0.6 is 0 Å². The van der Waals surface area contributed by atoms with E-state index in [2.05, 4.69) is 4.42 Å². The van der Waals surface area contributed by atoms with Crippen LogP contribution in [-0.4, -0.2) is 5.78 Å². The van der Waals surface area contributed by atoms with E-state index in [1.54, 1.807) is 24.3 Å². The molecule has 0 saturated heterocycles. The van der Waals surface area contributed by atoms with Gasteiger partial charge in [-0.25, -0.2) is 0 Å². The maximum Gasteiger partial charge on any atom is 0.449 e. The lowest BCUT2D eigenvalue weighted by molar-refractivity contribution is -0.152. The summed E-state index contributed by atoms with van der Waals surface area (Å²) < 4.78 is 42.3. The van der Waals surface area contributed by atoms with Gasteiger partial charge in [0.25, 0.3) is 0 Å². The summed E-state index contributed by atoms with van der Waals surface area (Å²) in [5.41, 5.74) is 7.21. The van der Waals surface area contributed by atoms with Gasteiger partial charge in [-0.05, 0) is 11.1 Å². The minimum atomic E-state index is -4.69. The minimum absolute atomic E-state index is 0.232. The third kappa shape index (κ3) is 3.03. The number of anilines is 1. The molecule has 0 aliphatic carbocycles. The molecule has 24 heavy (non-hydrogen) atoms. The molecule has 0 spiro atoms. The largest absolute Gasteiger partial charge is 0.449 e. The first-order valence-corrected chi connectivity index (χ1v) is 7.03. The molecule has 0 radical (unpaired) electrons. The van der Waals surface area contributed by atoms with Gasteiger partial charge < -0.3 is 10.2 Å². The Kier molecular flexibility index (Phi) is 3.89. The number of hydrogen-bond acceptors (Lipinski definition) is 3. The number of rotatable bonds is 3. The Hall–Kier alpha value is -3.02. The summed E-state index contributed by atoms with van der Waals surface area (Å²) in [6.07, 6.45) is -4.69. The Morgan fingerprint density at radius 1 is 0.917 bits per heavy atom. The van der Waals surface area contributed by atoms with E-state index in [1.807, 2.05) is 30.3 Å². The van der Waals surface area contributed by atoms with E-state index < -0.39 is 23.6 Å². The molecule has 2 aromatic carbocycles. The lowest BCUT2D eigenvalue weighted by Crippen LogP contribution is -2.04. The van der Waals surface area contributed by atoms with Crippen LogP contribution in [0.3, 0.4) is 0 Å². The number of carbonyl (C=O) groups is 1. The molecule has 1 aromatic heterocycles. The Labute approximate surface area is 135 Å². The van der Waals surface area contributed by atoms with Crippen LogP contribution in [0.15, 0.2) is 65.1 Å². The quantitative estimate of drug-likeness (QED) is 0.703. The number of furan rings is 1. The summed E-state index contributed by atoms with van der Waals surface area (Å²) in [4.78, 5) is 12.3. The molecule has 3 rings (SSSR count). The predicted molar refractivity (Wildman–Crippen MR) is 83.4 cm³/mol. The third-order valence-electron chi connectivity index (χ3n) is 3.54. The van der Waals surface area contributed by atoms with Gasteiger partial charge in [0.1, 0.15) is 0 Å². The molecular weight excluding hydrogens is 319 g/mol. The van der Waals surface area contributed by atoms with Crippen molar-refractivity contribution in [2.75, 3.05) is 5.73 Å². The molecular formula is C18H12F3NO2. The first kappa shape index (κ1) is 15.9. The fraction of sp³-hybridized carbons (Fsp3) is 0.0556. The van der Waals surface area contributed by atoms with E-state index in [-0.39, 0.29) is 11.1 Å². The van der Waals surface area contributed by atoms with Gasteiger partial charge in [0.2, 0.25) is 11.6 Å². The molecule has 1 heterocycles. The lowest BCUT2D eigenvalue weighted by atomic mass is 10.00. The van der Waals surface area contributed by atoms with Gasteiger partial charge in [0.05, 0.1) is 5.56 Å². The highest BCUT2D eigenvalue weighted by molar-refractivity contribution is 6.11. The van der Waals surface area contributed by atoms with E-state index in [0.29, 0.717) is 6.07 Å². The second kappa shape index (κ2) is 5.88. The summed E-state index contributed by atoms with van der Waals surface area (Å²) in [5.74, 6) is -2.45. The molecule has 122 valence electrons. The average Bonchev–Trinajstić information content (AvgIpc) is 2.97. The van der Waals surface area contributed by atoms with Crippen molar-refractivity contribution in [2.24, 2.45) is 0 Å². The number of hydrogen-bond donors (Lipinski definition) is 1. The molecule has 0 amide bonds. The highest BCUT2D eigenvalue weighted by Crippen LogP contribution is 2.34. The molecule has 0 bridgehead atoms. The molecule has 0 aliphatic heterocycles. The number of nitrogens with two attached hydrogens (primary N) is 1. The molecule has 6 heteroatoms. The van der Waals surface area contributed by atoms with Crippen LogP contribution in [0.2, 0.25) is 0 Å². The molecule has 3 nitrogen and oxygen atoms in total. The van der Waals surface area contributed by atoms with Gasteiger partial charge in [-0.2, -0.15) is 13.2 Å². The highest BCUT2D eigenvalue weighted by Gasteiger charge is 2.37. The summed E-state index contributed by atoms with van der Waals surface area (Å²) in [7, 11) is 0. The van der Waals surface area contributed by atoms with Crippen LogP contribution in [-0.2, 0) is 6.18 Å². The summed E-state index contributed by atoms with van der Waals surface area (Å²) in [6, 6.07) is 16.7. The fourth-order valence-electron chi connectivity index (χ4n) is 2.32. The first-order chi connectivity index (χ1) is 11.4. The fourth-order valence-corrected chi connectivity index (χ4v) is 2.32. The van der Waals surface area contributed by atoms with Crippen LogP contribution < -0.4 is 5.73 Å². The number of nitrogen functional groups attached to an aromatic ring is 1. The van der Waals surface area contributed by atoms with Crippen LogP contribution in [0.4, 0.5) is 19.1 Å². The average molecular weight is 331 g/mol. The Morgan fingerprint density at radius 2 is 1.50 bits per heavy atom. The van der Waals surface area contributed by atoms with Gasteiger partial charge >= 0.3 is 6.18 Å². The van der Waals surface area contributed by atoms with E-state index >= 15 is 0 Å². The molecule has 2 N–H and O–H groups in total. The van der Waals surface area contributed by atoms with E-state index in [4.69, 9.17) is 5.73 Å². The van der Waals surface area contributed by atoms with Crippen molar-refractivity contribution >= 4 is 11.7 Å². The molecule has 0 saturated carbocycles. The maximum atomic E-state index is 12.6. The summed E-state index contributed by atoms with van der Waals surface area (Å²) >= 11 is 0. The van der Waals surface area contributed by atoms with Crippen molar-refractivity contribution in [2.45, 2.75) is 6.18 Å². The van der Waals surface area contributed by atoms with Crippen molar-refractivity contribution < 1.29 is 22.4 Å². The monoisotopic (exact) mass is 331 g/mol. The number of halogens is 3. The molecule has 3 aromatic rings. The van der Waals surface area contributed by atoms with Crippen molar-refractivity contribution in [3.63, 3.8) is 0 Å². The normalized spacial score (nSPS) is 11.5. The SMILES string of the molecule is Nc1oc(C(F)(F)F)cc1C(=O)c1ccc(-c2ccccc2)cc1. The van der Waals surface area contributed by atoms with Crippen molar-refractivity contribution in [1.29, 1.82) is 0 Å². The van der Waals surface area contributed by atoms with Gasteiger partial charge in [0, 0.05) is 11.6 Å². The molecule has 0 unspecified atom stereocenters. The van der Waals surface area contributed by atoms with Crippen LogP contribution in [0.1, 0.15) is 21.7 Å². The van der Waals surface area contributed by atoms with E-state index in [1.165, 1.54) is 0 Å². The Balaban J connectivity index is 1.90. The Morgan fingerprint density at radius 3 is 2.04 bits per heavy atom. The molecule has 0 fully saturated rings. The van der Waals surface area contributed by atoms with E-state index in [0.717, 1.165) is 11.1 Å². The minimum Gasteiger partial charge on any atom is -0.436 e. The van der Waals surface area contributed by atoms with Gasteiger partial charge in [0.15, 0.2) is 5.78 Å². The van der Waals surface area contributed by atoms with Crippen molar-refractivity contribution in [3.05, 3.63) is 77.6 Å².